The number of rotatable bonds is 2. The lowest BCUT2D eigenvalue weighted by atomic mass is 9.93. The highest BCUT2D eigenvalue weighted by atomic mass is 79.9. The topological polar surface area (TPSA) is 25.2 Å². The normalized spacial score (nSPS) is 24.9. The summed E-state index contributed by atoms with van der Waals surface area (Å²) in [6.07, 6.45) is 2.50. The second-order valence-corrected chi connectivity index (χ2v) is 4.50. The Kier molecular flexibility index (Phi) is 3.23. The van der Waals surface area contributed by atoms with Gasteiger partial charge < -0.3 is 9.73 Å². The van der Waals surface area contributed by atoms with Crippen LogP contribution >= 0.6 is 15.9 Å². The maximum atomic E-state index is 14.0. The molecule has 14 heavy (non-hydrogen) atoms. The Morgan fingerprint density at radius 3 is 3.07 bits per heavy atom. The van der Waals surface area contributed by atoms with Crippen LogP contribution in [0.15, 0.2) is 21.2 Å². The summed E-state index contributed by atoms with van der Waals surface area (Å²) in [5, 5.41) is 3.20. The molecule has 1 N–H and O–H groups in total. The molecular formula is C10H13BrFNO. The molecule has 0 radical (unpaired) electrons. The van der Waals surface area contributed by atoms with Crippen LogP contribution in [0.5, 0.6) is 0 Å². The smallest absolute Gasteiger partial charge is 0.163 e. The second-order valence-electron chi connectivity index (χ2n) is 3.64. The van der Waals surface area contributed by atoms with Gasteiger partial charge in [0.25, 0.3) is 0 Å². The van der Waals surface area contributed by atoms with Crippen LogP contribution < -0.4 is 5.32 Å². The molecule has 1 aromatic heterocycles. The Morgan fingerprint density at radius 1 is 1.64 bits per heavy atom. The van der Waals surface area contributed by atoms with E-state index < -0.39 is 6.17 Å². The summed E-state index contributed by atoms with van der Waals surface area (Å²) < 4.78 is 19.8. The van der Waals surface area contributed by atoms with Crippen LogP contribution in [0.3, 0.4) is 0 Å². The highest BCUT2D eigenvalue weighted by Crippen LogP contribution is 2.35. The minimum Gasteiger partial charge on any atom is -0.465 e. The van der Waals surface area contributed by atoms with Crippen LogP contribution in [0.25, 0.3) is 0 Å². The summed E-state index contributed by atoms with van der Waals surface area (Å²) in [5.41, 5.74) is 0. The molecular weight excluding hydrogens is 249 g/mol. The molecule has 0 amide bonds. The van der Waals surface area contributed by atoms with E-state index in [1.54, 1.807) is 6.07 Å². The van der Waals surface area contributed by atoms with Gasteiger partial charge >= 0.3 is 0 Å². The lowest BCUT2D eigenvalue weighted by Crippen LogP contribution is -2.32. The number of nitrogens with one attached hydrogen (secondary N) is 1. The second kappa shape index (κ2) is 4.45. The number of hydrogen-bond acceptors (Lipinski definition) is 2. The van der Waals surface area contributed by atoms with Crippen molar-refractivity contribution in [1.82, 2.24) is 5.32 Å². The molecule has 2 heterocycles. The number of piperidine rings is 1. The first kappa shape index (κ1) is 10.2. The van der Waals surface area contributed by atoms with Gasteiger partial charge in [-0.3, -0.25) is 0 Å². The van der Waals surface area contributed by atoms with Crippen LogP contribution in [0.2, 0.25) is 0 Å². The highest BCUT2D eigenvalue weighted by molar-refractivity contribution is 9.10. The zero-order valence-electron chi connectivity index (χ0n) is 7.80. The van der Waals surface area contributed by atoms with E-state index in [9.17, 15) is 4.39 Å². The van der Waals surface area contributed by atoms with Crippen molar-refractivity contribution < 1.29 is 8.81 Å². The standard InChI is InChI=1S/C10H13BrFNO/c11-8-3-5-14-10(8)9(12)7-2-1-4-13-6-7/h3,5,7,9,13H,1-2,4,6H2. The predicted octanol–water partition coefficient (Wildman–Crippen LogP) is 3.05. The number of furan rings is 1. The van der Waals surface area contributed by atoms with E-state index in [0.717, 1.165) is 30.4 Å². The van der Waals surface area contributed by atoms with Crippen molar-refractivity contribution in [3.05, 3.63) is 22.6 Å². The minimum atomic E-state index is -0.993. The Hall–Kier alpha value is -0.350. The van der Waals surface area contributed by atoms with Gasteiger partial charge in [-0.05, 0) is 41.4 Å². The summed E-state index contributed by atoms with van der Waals surface area (Å²) in [5.74, 6) is 0.477. The molecule has 0 aliphatic carbocycles. The monoisotopic (exact) mass is 261 g/mol. The summed E-state index contributed by atoms with van der Waals surface area (Å²) in [6.45, 7) is 1.75. The van der Waals surface area contributed by atoms with E-state index in [2.05, 4.69) is 21.2 Å². The van der Waals surface area contributed by atoms with Crippen molar-refractivity contribution >= 4 is 15.9 Å². The van der Waals surface area contributed by atoms with Crippen molar-refractivity contribution in [1.29, 1.82) is 0 Å². The molecule has 0 bridgehead atoms. The average Bonchev–Trinajstić information content (AvgIpc) is 2.65. The summed E-state index contributed by atoms with van der Waals surface area (Å²) in [6, 6.07) is 1.73. The van der Waals surface area contributed by atoms with Gasteiger partial charge in [-0.25, -0.2) is 4.39 Å². The molecule has 1 aliphatic heterocycles. The highest BCUT2D eigenvalue weighted by Gasteiger charge is 2.28. The fraction of sp³-hybridized carbons (Fsp3) is 0.600. The number of halogens is 2. The van der Waals surface area contributed by atoms with Gasteiger partial charge in [0.05, 0.1) is 10.7 Å². The summed E-state index contributed by atoms with van der Waals surface area (Å²) >= 11 is 3.28. The summed E-state index contributed by atoms with van der Waals surface area (Å²) in [7, 11) is 0. The van der Waals surface area contributed by atoms with Crippen LogP contribution in [0, 0.1) is 5.92 Å². The first-order valence-corrected chi connectivity index (χ1v) is 5.66. The molecule has 1 saturated heterocycles. The molecule has 1 aromatic rings. The number of hydrogen-bond donors (Lipinski definition) is 1. The fourth-order valence-electron chi connectivity index (χ4n) is 1.84. The van der Waals surface area contributed by atoms with Crippen molar-refractivity contribution in [2.24, 2.45) is 5.92 Å². The average molecular weight is 262 g/mol. The Morgan fingerprint density at radius 2 is 2.50 bits per heavy atom. The van der Waals surface area contributed by atoms with Gasteiger partial charge in [0, 0.05) is 12.5 Å². The molecule has 0 aromatic carbocycles. The van der Waals surface area contributed by atoms with E-state index in [1.807, 2.05) is 0 Å². The first-order chi connectivity index (χ1) is 6.79. The fourth-order valence-corrected chi connectivity index (χ4v) is 2.26. The quantitative estimate of drug-likeness (QED) is 0.886. The molecule has 78 valence electrons. The van der Waals surface area contributed by atoms with E-state index in [-0.39, 0.29) is 5.92 Å². The molecule has 4 heteroatoms. The van der Waals surface area contributed by atoms with Gasteiger partial charge in [0.15, 0.2) is 11.9 Å². The van der Waals surface area contributed by atoms with E-state index in [0.29, 0.717) is 5.76 Å². The summed E-state index contributed by atoms with van der Waals surface area (Å²) in [4.78, 5) is 0. The van der Waals surface area contributed by atoms with Gasteiger partial charge in [-0.1, -0.05) is 0 Å². The molecule has 1 fully saturated rings. The molecule has 1 aliphatic rings. The van der Waals surface area contributed by atoms with Crippen LogP contribution in [0.1, 0.15) is 24.8 Å². The van der Waals surface area contributed by atoms with Crippen molar-refractivity contribution in [3.8, 4) is 0 Å². The zero-order valence-corrected chi connectivity index (χ0v) is 9.39. The van der Waals surface area contributed by atoms with Crippen LogP contribution in [-0.4, -0.2) is 13.1 Å². The van der Waals surface area contributed by atoms with Crippen molar-refractivity contribution in [2.75, 3.05) is 13.1 Å². The first-order valence-electron chi connectivity index (χ1n) is 4.86. The maximum absolute atomic E-state index is 14.0. The van der Waals surface area contributed by atoms with Crippen LogP contribution in [-0.2, 0) is 0 Å². The predicted molar refractivity (Wildman–Crippen MR) is 55.9 cm³/mol. The Bertz CT molecular complexity index is 296. The van der Waals surface area contributed by atoms with E-state index in [4.69, 9.17) is 4.42 Å². The molecule has 0 saturated carbocycles. The molecule has 0 spiro atoms. The van der Waals surface area contributed by atoms with Crippen molar-refractivity contribution in [2.45, 2.75) is 19.0 Å². The maximum Gasteiger partial charge on any atom is 0.163 e. The minimum absolute atomic E-state index is 0.0474. The molecule has 2 atom stereocenters. The van der Waals surface area contributed by atoms with E-state index >= 15 is 0 Å². The molecule has 2 unspecified atom stereocenters. The molecule has 2 nitrogen and oxygen atoms in total. The third kappa shape index (κ3) is 2.01. The lowest BCUT2D eigenvalue weighted by molar-refractivity contribution is 0.166. The van der Waals surface area contributed by atoms with Gasteiger partial charge in [0.2, 0.25) is 0 Å². The third-order valence-electron chi connectivity index (χ3n) is 2.64. The van der Waals surface area contributed by atoms with Gasteiger partial charge in [-0.15, -0.1) is 0 Å². The van der Waals surface area contributed by atoms with E-state index in [1.165, 1.54) is 6.26 Å². The Balaban J connectivity index is 2.07. The zero-order chi connectivity index (χ0) is 9.97. The SMILES string of the molecule is FC(c1occc1Br)C1CCCNC1. The van der Waals surface area contributed by atoms with Gasteiger partial charge in [-0.2, -0.15) is 0 Å². The van der Waals surface area contributed by atoms with Crippen LogP contribution in [0.4, 0.5) is 4.39 Å². The van der Waals surface area contributed by atoms with Gasteiger partial charge in [0.1, 0.15) is 0 Å². The largest absolute Gasteiger partial charge is 0.465 e. The molecule has 2 rings (SSSR count). The Labute approximate surface area is 91.0 Å². The van der Waals surface area contributed by atoms with Crippen molar-refractivity contribution in [3.63, 3.8) is 0 Å². The lowest BCUT2D eigenvalue weighted by Gasteiger charge is -2.24. The number of alkyl halides is 1. The third-order valence-corrected chi connectivity index (χ3v) is 3.30.